The van der Waals surface area contributed by atoms with Crippen molar-refractivity contribution in [3.8, 4) is 0 Å². The SMILES string of the molecule is CCC(=O)O[C@@H](CC)[C@H](C)[C@@H](O)[C@@H](C)[C@@H](O)C(C)(C)C. The van der Waals surface area contributed by atoms with Gasteiger partial charge in [-0.2, -0.15) is 0 Å². The Kier molecular flexibility index (Phi) is 7.74. The number of hydrogen-bond acceptors (Lipinski definition) is 4. The molecule has 20 heavy (non-hydrogen) atoms. The van der Waals surface area contributed by atoms with Crippen LogP contribution in [0.15, 0.2) is 0 Å². The summed E-state index contributed by atoms with van der Waals surface area (Å²) in [5.74, 6) is -0.734. The van der Waals surface area contributed by atoms with Crippen LogP contribution in [-0.4, -0.2) is 34.5 Å². The third kappa shape index (κ3) is 5.41. The van der Waals surface area contributed by atoms with Crippen molar-refractivity contribution in [1.29, 1.82) is 0 Å². The largest absolute Gasteiger partial charge is 0.462 e. The average molecular weight is 288 g/mol. The molecule has 0 aliphatic heterocycles. The highest BCUT2D eigenvalue weighted by Gasteiger charge is 2.37. The minimum absolute atomic E-state index is 0.206. The quantitative estimate of drug-likeness (QED) is 0.707. The van der Waals surface area contributed by atoms with E-state index in [4.69, 9.17) is 4.74 Å². The number of aliphatic hydroxyl groups excluding tert-OH is 2. The molecule has 4 nitrogen and oxygen atoms in total. The molecule has 0 saturated heterocycles. The number of carbonyl (C=O) groups excluding carboxylic acids is 1. The van der Waals surface area contributed by atoms with Gasteiger partial charge in [0.1, 0.15) is 6.10 Å². The van der Waals surface area contributed by atoms with Gasteiger partial charge in [0.2, 0.25) is 0 Å². The van der Waals surface area contributed by atoms with E-state index in [2.05, 4.69) is 0 Å². The van der Waals surface area contributed by atoms with Gasteiger partial charge >= 0.3 is 5.97 Å². The molecule has 0 radical (unpaired) electrons. The lowest BCUT2D eigenvalue weighted by Crippen LogP contribution is -2.44. The summed E-state index contributed by atoms with van der Waals surface area (Å²) in [7, 11) is 0. The van der Waals surface area contributed by atoms with E-state index in [9.17, 15) is 15.0 Å². The summed E-state index contributed by atoms with van der Waals surface area (Å²) in [5, 5.41) is 20.7. The predicted molar refractivity (Wildman–Crippen MR) is 80.3 cm³/mol. The Bertz CT molecular complexity index is 295. The van der Waals surface area contributed by atoms with Crippen LogP contribution >= 0.6 is 0 Å². The number of esters is 1. The Labute approximate surface area is 123 Å². The average Bonchev–Trinajstić information content (AvgIpc) is 2.39. The molecular formula is C16H32O4. The lowest BCUT2D eigenvalue weighted by Gasteiger charge is -2.37. The Morgan fingerprint density at radius 3 is 1.95 bits per heavy atom. The molecule has 120 valence electrons. The molecule has 0 aliphatic carbocycles. The van der Waals surface area contributed by atoms with E-state index in [-0.39, 0.29) is 29.3 Å². The predicted octanol–water partition coefficient (Wildman–Crippen LogP) is 2.76. The van der Waals surface area contributed by atoms with Crippen LogP contribution in [0.4, 0.5) is 0 Å². The van der Waals surface area contributed by atoms with Crippen LogP contribution in [0.25, 0.3) is 0 Å². The molecule has 5 atom stereocenters. The van der Waals surface area contributed by atoms with Crippen LogP contribution in [0, 0.1) is 17.3 Å². The standard InChI is InChI=1S/C16H32O4/c1-8-12(20-13(17)9-2)10(3)14(18)11(4)15(19)16(5,6)7/h10-12,14-15,18-19H,8-9H2,1-7H3/t10-,11+,12-,14+,15+/m0/s1. The molecule has 2 N–H and O–H groups in total. The Morgan fingerprint density at radius 1 is 1.10 bits per heavy atom. The van der Waals surface area contributed by atoms with Crippen LogP contribution < -0.4 is 0 Å². The second-order valence-corrected chi connectivity index (χ2v) is 6.81. The van der Waals surface area contributed by atoms with Crippen molar-refractivity contribution in [2.75, 3.05) is 0 Å². The van der Waals surface area contributed by atoms with E-state index in [1.807, 2.05) is 41.5 Å². The fourth-order valence-electron chi connectivity index (χ4n) is 2.49. The van der Waals surface area contributed by atoms with Crippen LogP contribution in [0.5, 0.6) is 0 Å². The van der Waals surface area contributed by atoms with E-state index >= 15 is 0 Å². The van der Waals surface area contributed by atoms with Gasteiger partial charge in [-0.25, -0.2) is 0 Å². The first kappa shape index (κ1) is 19.4. The summed E-state index contributed by atoms with van der Waals surface area (Å²) in [5.41, 5.74) is -0.290. The fraction of sp³-hybridized carbons (Fsp3) is 0.938. The Hall–Kier alpha value is -0.610. The topological polar surface area (TPSA) is 66.8 Å². The first-order chi connectivity index (χ1) is 9.06. The molecule has 0 amide bonds. The first-order valence-corrected chi connectivity index (χ1v) is 7.61. The van der Waals surface area contributed by atoms with Crippen molar-refractivity contribution in [2.45, 2.75) is 79.6 Å². The molecule has 0 saturated carbocycles. The van der Waals surface area contributed by atoms with E-state index in [1.165, 1.54) is 0 Å². The van der Waals surface area contributed by atoms with E-state index in [0.29, 0.717) is 12.8 Å². The van der Waals surface area contributed by atoms with Crippen molar-refractivity contribution < 1.29 is 19.7 Å². The highest BCUT2D eigenvalue weighted by molar-refractivity contribution is 5.69. The maximum absolute atomic E-state index is 11.4. The normalized spacial score (nSPS) is 19.9. The molecule has 0 unspecified atom stereocenters. The van der Waals surface area contributed by atoms with Gasteiger partial charge in [0.25, 0.3) is 0 Å². The summed E-state index contributed by atoms with van der Waals surface area (Å²) in [6.45, 7) is 13.2. The number of carbonyl (C=O) groups is 1. The van der Waals surface area contributed by atoms with Gasteiger partial charge in [-0.3, -0.25) is 4.79 Å². The van der Waals surface area contributed by atoms with Crippen LogP contribution in [0.2, 0.25) is 0 Å². The van der Waals surface area contributed by atoms with Gasteiger partial charge in [-0.05, 0) is 11.8 Å². The number of ether oxygens (including phenoxy) is 1. The van der Waals surface area contributed by atoms with E-state index in [0.717, 1.165) is 0 Å². The van der Waals surface area contributed by atoms with Crippen LogP contribution in [0.3, 0.4) is 0 Å². The highest BCUT2D eigenvalue weighted by atomic mass is 16.5. The fourth-order valence-corrected chi connectivity index (χ4v) is 2.49. The number of rotatable bonds is 7. The summed E-state index contributed by atoms with van der Waals surface area (Å²) >= 11 is 0. The minimum Gasteiger partial charge on any atom is -0.462 e. The van der Waals surface area contributed by atoms with Crippen LogP contribution in [0.1, 0.15) is 61.3 Å². The van der Waals surface area contributed by atoms with Gasteiger partial charge in [-0.15, -0.1) is 0 Å². The summed E-state index contributed by atoms with van der Waals surface area (Å²) < 4.78 is 5.37. The second kappa shape index (κ2) is 7.99. The third-order valence-corrected chi connectivity index (χ3v) is 4.02. The van der Waals surface area contributed by atoms with Crippen molar-refractivity contribution in [1.82, 2.24) is 0 Å². The maximum atomic E-state index is 11.4. The monoisotopic (exact) mass is 288 g/mol. The molecule has 0 aromatic rings. The maximum Gasteiger partial charge on any atom is 0.305 e. The van der Waals surface area contributed by atoms with E-state index in [1.54, 1.807) is 6.92 Å². The summed E-state index contributed by atoms with van der Waals surface area (Å²) in [4.78, 5) is 11.4. The first-order valence-electron chi connectivity index (χ1n) is 7.61. The smallest absolute Gasteiger partial charge is 0.305 e. The number of hydrogen-bond donors (Lipinski definition) is 2. The van der Waals surface area contributed by atoms with Crippen LogP contribution in [-0.2, 0) is 9.53 Å². The summed E-state index contributed by atoms with van der Waals surface area (Å²) in [6, 6.07) is 0. The second-order valence-electron chi connectivity index (χ2n) is 6.81. The molecule has 0 aromatic carbocycles. The van der Waals surface area contributed by atoms with Gasteiger partial charge in [0, 0.05) is 18.3 Å². The Balaban J connectivity index is 4.80. The van der Waals surface area contributed by atoms with Crippen molar-refractivity contribution >= 4 is 5.97 Å². The van der Waals surface area contributed by atoms with Crippen molar-refractivity contribution in [3.05, 3.63) is 0 Å². The number of aliphatic hydroxyl groups is 2. The lowest BCUT2D eigenvalue weighted by molar-refractivity contribution is -0.156. The van der Waals surface area contributed by atoms with Gasteiger partial charge in [0.05, 0.1) is 12.2 Å². The zero-order valence-electron chi connectivity index (χ0n) is 14.0. The molecule has 0 heterocycles. The zero-order chi connectivity index (χ0) is 16.1. The molecule has 0 spiro atoms. The zero-order valence-corrected chi connectivity index (χ0v) is 14.0. The highest BCUT2D eigenvalue weighted by Crippen LogP contribution is 2.31. The van der Waals surface area contributed by atoms with Crippen molar-refractivity contribution in [3.63, 3.8) is 0 Å². The van der Waals surface area contributed by atoms with Crippen molar-refractivity contribution in [2.24, 2.45) is 17.3 Å². The summed E-state index contributed by atoms with van der Waals surface area (Å²) in [6.07, 6.45) is -0.646. The third-order valence-electron chi connectivity index (χ3n) is 4.02. The molecule has 0 aromatic heterocycles. The molecular weight excluding hydrogens is 256 g/mol. The minimum atomic E-state index is -0.709. The molecule has 0 aliphatic rings. The lowest BCUT2D eigenvalue weighted by atomic mass is 9.76. The van der Waals surface area contributed by atoms with Gasteiger partial charge in [0.15, 0.2) is 0 Å². The Morgan fingerprint density at radius 2 is 1.60 bits per heavy atom. The molecule has 0 fully saturated rings. The molecule has 0 bridgehead atoms. The van der Waals surface area contributed by atoms with Gasteiger partial charge in [-0.1, -0.05) is 48.5 Å². The van der Waals surface area contributed by atoms with E-state index < -0.39 is 12.2 Å². The molecule has 0 rings (SSSR count). The van der Waals surface area contributed by atoms with Gasteiger partial charge < -0.3 is 14.9 Å². The molecule has 4 heteroatoms.